The first-order valence-electron chi connectivity index (χ1n) is 4.56. The first-order valence-corrected chi connectivity index (χ1v) is 4.56. The van der Waals surface area contributed by atoms with Crippen LogP contribution in [0.3, 0.4) is 0 Å². The van der Waals surface area contributed by atoms with Crippen LogP contribution in [0.25, 0.3) is 0 Å². The second kappa shape index (κ2) is 3.62. The van der Waals surface area contributed by atoms with Gasteiger partial charge in [0.15, 0.2) is 11.5 Å². The van der Waals surface area contributed by atoms with Gasteiger partial charge in [-0.15, -0.1) is 6.58 Å². The van der Waals surface area contributed by atoms with Gasteiger partial charge in [-0.05, 0) is 18.6 Å². The predicted octanol–water partition coefficient (Wildman–Crippen LogP) is 2.32. The van der Waals surface area contributed by atoms with Crippen molar-refractivity contribution in [3.8, 4) is 11.5 Å². The topological polar surface area (TPSA) is 30.5 Å². The molecule has 1 heterocycles. The van der Waals surface area contributed by atoms with Gasteiger partial charge in [0.05, 0.1) is 0 Å². The van der Waals surface area contributed by atoms with Gasteiger partial charge in [-0.2, -0.15) is 0 Å². The van der Waals surface area contributed by atoms with Gasteiger partial charge in [-0.25, -0.2) is 0 Å². The van der Waals surface area contributed by atoms with Gasteiger partial charge < -0.3 is 14.8 Å². The van der Waals surface area contributed by atoms with Crippen LogP contribution < -0.4 is 14.8 Å². The van der Waals surface area contributed by atoms with E-state index in [0.717, 1.165) is 29.3 Å². The number of benzene rings is 1. The van der Waals surface area contributed by atoms with Crippen LogP contribution in [0.15, 0.2) is 24.8 Å². The lowest BCUT2D eigenvalue weighted by molar-refractivity contribution is 0.174. The lowest BCUT2D eigenvalue weighted by Gasteiger charge is -2.08. The zero-order valence-corrected chi connectivity index (χ0v) is 8.17. The molecule has 0 amide bonds. The fourth-order valence-corrected chi connectivity index (χ4v) is 1.42. The lowest BCUT2D eigenvalue weighted by Crippen LogP contribution is -1.99. The van der Waals surface area contributed by atoms with E-state index in [2.05, 4.69) is 11.9 Å². The highest BCUT2D eigenvalue weighted by molar-refractivity contribution is 5.60. The Morgan fingerprint density at radius 1 is 1.43 bits per heavy atom. The number of fused-ring (bicyclic) bond motifs is 1. The molecule has 1 aromatic carbocycles. The third-order valence-electron chi connectivity index (χ3n) is 2.16. The van der Waals surface area contributed by atoms with Crippen LogP contribution in [0.5, 0.6) is 11.5 Å². The van der Waals surface area contributed by atoms with Crippen molar-refractivity contribution in [2.24, 2.45) is 0 Å². The molecule has 1 aliphatic heterocycles. The molecule has 0 fully saturated rings. The molecule has 0 bridgehead atoms. The first kappa shape index (κ1) is 8.94. The van der Waals surface area contributed by atoms with Crippen LogP contribution in [0.4, 0.5) is 5.69 Å². The predicted molar refractivity (Wildman–Crippen MR) is 56.0 cm³/mol. The number of nitrogens with one attached hydrogen (secondary N) is 1. The van der Waals surface area contributed by atoms with Gasteiger partial charge >= 0.3 is 0 Å². The maximum atomic E-state index is 5.29. The minimum Gasteiger partial charge on any atom is -0.454 e. The Labute approximate surface area is 83.3 Å². The summed E-state index contributed by atoms with van der Waals surface area (Å²) < 4.78 is 10.6. The average molecular weight is 191 g/mol. The van der Waals surface area contributed by atoms with E-state index in [1.807, 2.05) is 25.1 Å². The summed E-state index contributed by atoms with van der Waals surface area (Å²) in [5, 5.41) is 3.24. The zero-order chi connectivity index (χ0) is 9.97. The summed E-state index contributed by atoms with van der Waals surface area (Å²) in [4.78, 5) is 0. The molecule has 0 aliphatic carbocycles. The Kier molecular flexibility index (Phi) is 2.31. The fourth-order valence-electron chi connectivity index (χ4n) is 1.42. The average Bonchev–Trinajstić information content (AvgIpc) is 2.61. The van der Waals surface area contributed by atoms with Gasteiger partial charge in [0.25, 0.3) is 0 Å². The molecule has 0 spiro atoms. The lowest BCUT2D eigenvalue weighted by atomic mass is 10.2. The third kappa shape index (κ3) is 1.53. The standard InChI is InChI=1S/C11H13NO2/c1-3-4-12-9-6-11-10(5-8(9)2)13-7-14-11/h3,5-6,12H,1,4,7H2,2H3. The highest BCUT2D eigenvalue weighted by atomic mass is 16.7. The number of hydrogen-bond donors (Lipinski definition) is 1. The molecule has 1 aliphatic rings. The van der Waals surface area contributed by atoms with E-state index in [1.165, 1.54) is 0 Å². The number of ether oxygens (including phenoxy) is 2. The molecule has 1 N–H and O–H groups in total. The Bertz CT molecular complexity index is 361. The summed E-state index contributed by atoms with van der Waals surface area (Å²) in [5.41, 5.74) is 2.21. The highest BCUT2D eigenvalue weighted by Crippen LogP contribution is 2.36. The van der Waals surface area contributed by atoms with Crippen LogP contribution in [0, 0.1) is 6.92 Å². The van der Waals surface area contributed by atoms with Crippen LogP contribution in [-0.4, -0.2) is 13.3 Å². The van der Waals surface area contributed by atoms with E-state index in [9.17, 15) is 0 Å². The number of aryl methyl sites for hydroxylation is 1. The minimum atomic E-state index is 0.319. The molecule has 2 rings (SSSR count). The molecular weight excluding hydrogens is 178 g/mol. The summed E-state index contributed by atoms with van der Waals surface area (Å²) in [6.45, 7) is 6.76. The van der Waals surface area contributed by atoms with Gasteiger partial charge in [0.1, 0.15) is 0 Å². The van der Waals surface area contributed by atoms with Crippen molar-refractivity contribution in [2.45, 2.75) is 6.92 Å². The van der Waals surface area contributed by atoms with Crippen molar-refractivity contribution in [1.82, 2.24) is 0 Å². The van der Waals surface area contributed by atoms with Gasteiger partial charge in [0.2, 0.25) is 6.79 Å². The number of rotatable bonds is 3. The largest absolute Gasteiger partial charge is 0.454 e. The molecule has 74 valence electrons. The van der Waals surface area contributed by atoms with Crippen molar-refractivity contribution < 1.29 is 9.47 Å². The van der Waals surface area contributed by atoms with Gasteiger partial charge in [-0.3, -0.25) is 0 Å². The van der Waals surface area contributed by atoms with Crippen molar-refractivity contribution in [3.05, 3.63) is 30.4 Å². The maximum absolute atomic E-state index is 5.29. The normalized spacial score (nSPS) is 12.6. The van der Waals surface area contributed by atoms with E-state index < -0.39 is 0 Å². The Hall–Kier alpha value is -1.64. The summed E-state index contributed by atoms with van der Waals surface area (Å²) >= 11 is 0. The van der Waals surface area contributed by atoms with E-state index in [1.54, 1.807) is 0 Å². The molecule has 0 unspecified atom stereocenters. The van der Waals surface area contributed by atoms with Crippen molar-refractivity contribution in [1.29, 1.82) is 0 Å². The Morgan fingerprint density at radius 2 is 2.14 bits per heavy atom. The molecule has 14 heavy (non-hydrogen) atoms. The molecule has 1 aromatic rings. The molecule has 0 saturated carbocycles. The first-order chi connectivity index (χ1) is 6.81. The van der Waals surface area contributed by atoms with E-state index >= 15 is 0 Å². The highest BCUT2D eigenvalue weighted by Gasteiger charge is 2.14. The molecule has 0 saturated heterocycles. The second-order valence-electron chi connectivity index (χ2n) is 3.19. The summed E-state index contributed by atoms with van der Waals surface area (Å²) in [5.74, 6) is 1.63. The van der Waals surface area contributed by atoms with Gasteiger partial charge in [-0.1, -0.05) is 6.08 Å². The SMILES string of the molecule is C=CCNc1cc2c(cc1C)OCO2. The minimum absolute atomic E-state index is 0.319. The van der Waals surface area contributed by atoms with Crippen molar-refractivity contribution in [2.75, 3.05) is 18.7 Å². The van der Waals surface area contributed by atoms with Crippen LogP contribution in [0.2, 0.25) is 0 Å². The molecule has 3 nitrogen and oxygen atoms in total. The van der Waals surface area contributed by atoms with Crippen LogP contribution in [0.1, 0.15) is 5.56 Å². The summed E-state index contributed by atoms with van der Waals surface area (Å²) in [6.07, 6.45) is 1.82. The Morgan fingerprint density at radius 3 is 2.86 bits per heavy atom. The number of anilines is 1. The van der Waals surface area contributed by atoms with E-state index in [0.29, 0.717) is 6.79 Å². The van der Waals surface area contributed by atoms with E-state index in [-0.39, 0.29) is 0 Å². The summed E-state index contributed by atoms with van der Waals surface area (Å²) in [6, 6.07) is 3.94. The maximum Gasteiger partial charge on any atom is 0.231 e. The van der Waals surface area contributed by atoms with Crippen molar-refractivity contribution >= 4 is 5.69 Å². The molecule has 0 atom stereocenters. The van der Waals surface area contributed by atoms with Crippen LogP contribution in [-0.2, 0) is 0 Å². The molecule has 3 heteroatoms. The molecule has 0 radical (unpaired) electrons. The quantitative estimate of drug-likeness (QED) is 0.744. The van der Waals surface area contributed by atoms with Crippen molar-refractivity contribution in [3.63, 3.8) is 0 Å². The Balaban J connectivity index is 2.27. The monoisotopic (exact) mass is 191 g/mol. The zero-order valence-electron chi connectivity index (χ0n) is 8.17. The third-order valence-corrected chi connectivity index (χ3v) is 2.16. The molecular formula is C11H13NO2. The fraction of sp³-hybridized carbons (Fsp3) is 0.273. The summed E-state index contributed by atoms with van der Waals surface area (Å²) in [7, 11) is 0. The van der Waals surface area contributed by atoms with Crippen LogP contribution >= 0.6 is 0 Å². The molecule has 0 aromatic heterocycles. The second-order valence-corrected chi connectivity index (χ2v) is 3.19. The van der Waals surface area contributed by atoms with E-state index in [4.69, 9.17) is 9.47 Å². The number of hydrogen-bond acceptors (Lipinski definition) is 3. The van der Waals surface area contributed by atoms with Gasteiger partial charge in [0, 0.05) is 18.3 Å². The smallest absolute Gasteiger partial charge is 0.231 e.